The predicted molar refractivity (Wildman–Crippen MR) is 113 cm³/mol. The van der Waals surface area contributed by atoms with Gasteiger partial charge in [-0.05, 0) is 35.9 Å². The molecular formula is C22H20N2O6. The fourth-order valence-electron chi connectivity index (χ4n) is 2.80. The molecule has 1 amide bonds. The van der Waals surface area contributed by atoms with Crippen molar-refractivity contribution in [3.63, 3.8) is 0 Å². The summed E-state index contributed by atoms with van der Waals surface area (Å²) in [6.07, 6.45) is 2.05. The molecule has 8 heteroatoms. The number of carbonyl (C=O) groups is 2. The highest BCUT2D eigenvalue weighted by Crippen LogP contribution is 2.25. The van der Waals surface area contributed by atoms with Crippen LogP contribution in [0.2, 0.25) is 0 Å². The Kier molecular flexibility index (Phi) is 6.61. The van der Waals surface area contributed by atoms with E-state index in [4.69, 9.17) is 9.47 Å². The number of anilines is 1. The molecular weight excluding hydrogens is 388 g/mol. The third kappa shape index (κ3) is 4.92. The highest BCUT2D eigenvalue weighted by Gasteiger charge is 2.16. The van der Waals surface area contributed by atoms with Crippen LogP contribution in [0.3, 0.4) is 0 Å². The number of aromatic amines is 1. The molecule has 3 rings (SSSR count). The minimum atomic E-state index is -0.671. The number of allylic oxidation sites excluding steroid dienone is 1. The second kappa shape index (κ2) is 9.53. The summed E-state index contributed by atoms with van der Waals surface area (Å²) in [5.74, 6) is -1.00. The zero-order chi connectivity index (χ0) is 21.5. The van der Waals surface area contributed by atoms with E-state index in [0.717, 1.165) is 0 Å². The highest BCUT2D eigenvalue weighted by molar-refractivity contribution is 6.11. The van der Waals surface area contributed by atoms with Crippen LogP contribution in [0, 0.1) is 0 Å². The molecule has 8 nitrogen and oxygen atoms in total. The molecule has 154 valence electrons. The van der Waals surface area contributed by atoms with Crippen LogP contribution in [-0.2, 0) is 9.47 Å². The van der Waals surface area contributed by atoms with E-state index in [1.165, 1.54) is 19.3 Å². The molecule has 0 aliphatic carbocycles. The fourth-order valence-corrected chi connectivity index (χ4v) is 2.80. The van der Waals surface area contributed by atoms with Crippen molar-refractivity contribution in [1.82, 2.24) is 4.98 Å². The number of carbonyl (C=O) groups excluding carboxylic acids is 2. The van der Waals surface area contributed by atoms with Gasteiger partial charge in [0.05, 0.1) is 12.1 Å². The second-order valence-corrected chi connectivity index (χ2v) is 6.30. The topological polar surface area (TPSA) is 118 Å². The van der Waals surface area contributed by atoms with Crippen LogP contribution in [0.5, 0.6) is 5.75 Å². The number of hydrogen-bond donors (Lipinski definition) is 3. The number of rotatable bonds is 7. The molecule has 0 fully saturated rings. The Morgan fingerprint density at radius 1 is 1.13 bits per heavy atom. The minimum absolute atomic E-state index is 0.125. The van der Waals surface area contributed by atoms with Crippen molar-refractivity contribution in [2.45, 2.75) is 0 Å². The van der Waals surface area contributed by atoms with E-state index in [2.05, 4.69) is 10.3 Å². The molecule has 0 aliphatic rings. The number of para-hydroxylation sites is 1. The lowest BCUT2D eigenvalue weighted by atomic mass is 10.1. The summed E-state index contributed by atoms with van der Waals surface area (Å²) in [5, 5.41) is 13.3. The van der Waals surface area contributed by atoms with Gasteiger partial charge < -0.3 is 19.6 Å². The van der Waals surface area contributed by atoms with Crippen molar-refractivity contribution in [2.75, 3.05) is 25.6 Å². The molecule has 30 heavy (non-hydrogen) atoms. The first-order valence-electron chi connectivity index (χ1n) is 9.09. The quantitative estimate of drug-likeness (QED) is 0.314. The normalized spacial score (nSPS) is 11.0. The molecule has 0 spiro atoms. The van der Waals surface area contributed by atoms with Crippen LogP contribution in [0.25, 0.3) is 17.0 Å². The molecule has 1 heterocycles. The van der Waals surface area contributed by atoms with Gasteiger partial charge in [0, 0.05) is 18.2 Å². The van der Waals surface area contributed by atoms with Crippen LogP contribution in [0.1, 0.15) is 15.9 Å². The molecule has 0 bridgehead atoms. The standard InChI is InChI=1S/C22H20N2O6/c1-29-11-12-30-22(28)23-15-6-4-5-14(13-15)9-10-18(25)19-20(26)16-7-2-3-8-17(16)24-21(19)27/h2-10,13H,11-12H2,1H3,(H,23,28)(H2,24,26,27). The van der Waals surface area contributed by atoms with Gasteiger partial charge in [0.2, 0.25) is 0 Å². The molecule has 0 saturated carbocycles. The number of nitrogens with one attached hydrogen (secondary N) is 2. The van der Waals surface area contributed by atoms with Crippen molar-refractivity contribution in [2.24, 2.45) is 0 Å². The van der Waals surface area contributed by atoms with Gasteiger partial charge in [0.25, 0.3) is 5.56 Å². The number of hydrogen-bond acceptors (Lipinski definition) is 6. The highest BCUT2D eigenvalue weighted by atomic mass is 16.6. The zero-order valence-corrected chi connectivity index (χ0v) is 16.2. The summed E-state index contributed by atoms with van der Waals surface area (Å²) in [4.78, 5) is 39.1. The number of amides is 1. The Hall–Kier alpha value is -3.91. The van der Waals surface area contributed by atoms with Gasteiger partial charge in [-0.15, -0.1) is 0 Å². The number of ketones is 1. The minimum Gasteiger partial charge on any atom is -0.506 e. The van der Waals surface area contributed by atoms with E-state index in [0.29, 0.717) is 28.8 Å². The van der Waals surface area contributed by atoms with Crippen molar-refractivity contribution in [1.29, 1.82) is 0 Å². The maximum atomic E-state index is 12.5. The lowest BCUT2D eigenvalue weighted by molar-refractivity contribution is 0.104. The molecule has 0 radical (unpaired) electrons. The third-order valence-electron chi connectivity index (χ3n) is 4.22. The average molecular weight is 408 g/mol. The molecule has 0 aliphatic heterocycles. The SMILES string of the molecule is COCCOC(=O)Nc1cccc(C=CC(=O)c2c(O)c3ccccc3[nH]c2=O)c1. The van der Waals surface area contributed by atoms with E-state index >= 15 is 0 Å². The molecule has 0 atom stereocenters. The maximum absolute atomic E-state index is 12.5. The Bertz CT molecular complexity index is 1170. The Morgan fingerprint density at radius 2 is 1.93 bits per heavy atom. The summed E-state index contributed by atoms with van der Waals surface area (Å²) >= 11 is 0. The van der Waals surface area contributed by atoms with Crippen LogP contribution in [0.4, 0.5) is 10.5 Å². The van der Waals surface area contributed by atoms with Crippen molar-refractivity contribution in [3.8, 4) is 5.75 Å². The van der Waals surface area contributed by atoms with Crippen molar-refractivity contribution in [3.05, 3.63) is 76.1 Å². The summed E-state index contributed by atoms with van der Waals surface area (Å²) in [5.41, 5.74) is 0.515. The largest absolute Gasteiger partial charge is 0.506 e. The Labute approximate surface area is 171 Å². The smallest absolute Gasteiger partial charge is 0.411 e. The fraction of sp³-hybridized carbons (Fsp3) is 0.136. The van der Waals surface area contributed by atoms with Gasteiger partial charge in [0.1, 0.15) is 17.9 Å². The third-order valence-corrected chi connectivity index (χ3v) is 4.22. The number of benzene rings is 2. The van der Waals surface area contributed by atoms with Gasteiger partial charge in [-0.2, -0.15) is 0 Å². The summed E-state index contributed by atoms with van der Waals surface area (Å²) in [6, 6.07) is 13.4. The van der Waals surface area contributed by atoms with E-state index in [1.54, 1.807) is 48.5 Å². The number of fused-ring (bicyclic) bond motifs is 1. The van der Waals surface area contributed by atoms with Crippen LogP contribution >= 0.6 is 0 Å². The number of pyridine rings is 1. The summed E-state index contributed by atoms with van der Waals surface area (Å²) in [6.45, 7) is 0.416. The van der Waals surface area contributed by atoms with Crippen molar-refractivity contribution >= 4 is 34.5 Å². The lowest BCUT2D eigenvalue weighted by Crippen LogP contribution is -2.17. The molecule has 3 N–H and O–H groups in total. The van der Waals surface area contributed by atoms with E-state index in [-0.39, 0.29) is 17.9 Å². The number of H-pyrrole nitrogens is 1. The number of methoxy groups -OCH3 is 1. The van der Waals surface area contributed by atoms with E-state index in [1.807, 2.05) is 0 Å². The summed E-state index contributed by atoms with van der Waals surface area (Å²) < 4.78 is 9.74. The molecule has 3 aromatic rings. The van der Waals surface area contributed by atoms with E-state index < -0.39 is 17.4 Å². The van der Waals surface area contributed by atoms with Crippen molar-refractivity contribution < 1.29 is 24.2 Å². The second-order valence-electron chi connectivity index (χ2n) is 6.30. The first-order valence-corrected chi connectivity index (χ1v) is 9.09. The number of ether oxygens (including phenoxy) is 2. The molecule has 2 aromatic carbocycles. The maximum Gasteiger partial charge on any atom is 0.411 e. The van der Waals surface area contributed by atoms with Gasteiger partial charge in [-0.3, -0.25) is 14.9 Å². The Morgan fingerprint density at radius 3 is 2.73 bits per heavy atom. The van der Waals surface area contributed by atoms with Gasteiger partial charge >= 0.3 is 6.09 Å². The summed E-state index contributed by atoms with van der Waals surface area (Å²) in [7, 11) is 1.50. The van der Waals surface area contributed by atoms with Gasteiger partial charge in [-0.1, -0.05) is 30.3 Å². The monoisotopic (exact) mass is 408 g/mol. The first kappa shape index (κ1) is 20.8. The Balaban J connectivity index is 1.76. The first-order chi connectivity index (χ1) is 14.5. The number of aromatic nitrogens is 1. The predicted octanol–water partition coefficient (Wildman–Crippen LogP) is 3.32. The molecule has 0 saturated heterocycles. The van der Waals surface area contributed by atoms with Crippen LogP contribution in [-0.4, -0.2) is 42.3 Å². The van der Waals surface area contributed by atoms with Gasteiger partial charge in [-0.25, -0.2) is 4.79 Å². The van der Waals surface area contributed by atoms with Crippen LogP contribution in [0.15, 0.2) is 59.4 Å². The van der Waals surface area contributed by atoms with Gasteiger partial charge in [0.15, 0.2) is 5.78 Å². The van der Waals surface area contributed by atoms with E-state index in [9.17, 15) is 19.5 Å². The zero-order valence-electron chi connectivity index (χ0n) is 16.2. The molecule has 1 aromatic heterocycles. The lowest BCUT2D eigenvalue weighted by Gasteiger charge is -2.07. The molecule has 0 unspecified atom stereocenters. The average Bonchev–Trinajstić information content (AvgIpc) is 2.73. The van der Waals surface area contributed by atoms with Crippen LogP contribution < -0.4 is 10.9 Å². The number of aromatic hydroxyl groups is 1.